The molecule has 1 N–H and O–H groups in total. The fraction of sp³-hybridized carbons (Fsp3) is 0.538. The molecule has 0 saturated carbocycles. The third-order valence-electron chi connectivity index (χ3n) is 2.09. The van der Waals surface area contributed by atoms with Crippen molar-refractivity contribution >= 4 is 11.8 Å². The van der Waals surface area contributed by atoms with E-state index in [2.05, 4.69) is 44.5 Å². The zero-order chi connectivity index (χ0) is 12.0. The molecule has 0 bridgehead atoms. The van der Waals surface area contributed by atoms with E-state index in [0.717, 1.165) is 12.3 Å². The molecule has 0 aromatic heterocycles. The molecule has 1 rings (SSSR count). The zero-order valence-corrected chi connectivity index (χ0v) is 11.4. The first kappa shape index (κ1) is 13.4. The van der Waals surface area contributed by atoms with Gasteiger partial charge in [0.15, 0.2) is 0 Å². The predicted molar refractivity (Wildman–Crippen MR) is 71.5 cm³/mol. The van der Waals surface area contributed by atoms with Gasteiger partial charge in [-0.1, -0.05) is 0 Å². The Kier molecular flexibility index (Phi) is 5.16. The average Bonchev–Trinajstić information content (AvgIpc) is 2.24. The summed E-state index contributed by atoms with van der Waals surface area (Å²) < 4.78 is 5.63. The summed E-state index contributed by atoms with van der Waals surface area (Å²) >= 11 is 1.74. The van der Waals surface area contributed by atoms with Crippen LogP contribution in [0.3, 0.4) is 0 Å². The highest BCUT2D eigenvalue weighted by atomic mass is 32.2. The third-order valence-corrected chi connectivity index (χ3v) is 2.83. The highest BCUT2D eigenvalue weighted by Gasteiger charge is 2.07. The second-order valence-corrected chi connectivity index (χ2v) is 5.58. The topological polar surface area (TPSA) is 21.3 Å². The first-order valence-electron chi connectivity index (χ1n) is 5.53. The molecule has 0 saturated heterocycles. The molecule has 1 aromatic carbocycles. The van der Waals surface area contributed by atoms with Crippen LogP contribution >= 0.6 is 11.8 Å². The molecule has 0 amide bonds. The lowest BCUT2D eigenvalue weighted by molar-refractivity contribution is 0.291. The van der Waals surface area contributed by atoms with Gasteiger partial charge in [-0.15, -0.1) is 11.8 Å². The fourth-order valence-corrected chi connectivity index (χ4v) is 1.68. The molecule has 0 atom stereocenters. The van der Waals surface area contributed by atoms with Gasteiger partial charge in [-0.25, -0.2) is 0 Å². The highest BCUT2D eigenvalue weighted by Crippen LogP contribution is 2.18. The van der Waals surface area contributed by atoms with Crippen LogP contribution in [0.5, 0.6) is 5.75 Å². The van der Waals surface area contributed by atoms with Crippen molar-refractivity contribution in [2.24, 2.45) is 0 Å². The first-order valence-corrected chi connectivity index (χ1v) is 6.75. The number of hydrogen-bond donors (Lipinski definition) is 1. The van der Waals surface area contributed by atoms with Crippen molar-refractivity contribution < 1.29 is 4.74 Å². The Balaban J connectivity index is 2.27. The number of hydrogen-bond acceptors (Lipinski definition) is 3. The minimum Gasteiger partial charge on any atom is -0.492 e. The molecule has 1 aromatic rings. The zero-order valence-electron chi connectivity index (χ0n) is 10.5. The van der Waals surface area contributed by atoms with Gasteiger partial charge >= 0.3 is 0 Å². The Morgan fingerprint density at radius 3 is 2.31 bits per heavy atom. The van der Waals surface area contributed by atoms with Gasteiger partial charge in [0.05, 0.1) is 0 Å². The highest BCUT2D eigenvalue weighted by molar-refractivity contribution is 7.98. The van der Waals surface area contributed by atoms with Crippen LogP contribution in [0, 0.1) is 0 Å². The maximum Gasteiger partial charge on any atom is 0.119 e. The van der Waals surface area contributed by atoms with Crippen LogP contribution in [0.1, 0.15) is 20.8 Å². The summed E-state index contributed by atoms with van der Waals surface area (Å²) in [6.45, 7) is 8.03. The van der Waals surface area contributed by atoms with Gasteiger partial charge in [0, 0.05) is 17.0 Å². The Labute approximate surface area is 103 Å². The van der Waals surface area contributed by atoms with E-state index in [1.165, 1.54) is 4.90 Å². The van der Waals surface area contributed by atoms with Gasteiger partial charge in [-0.2, -0.15) is 0 Å². The van der Waals surface area contributed by atoms with Gasteiger partial charge in [0.1, 0.15) is 12.4 Å². The summed E-state index contributed by atoms with van der Waals surface area (Å²) in [5.41, 5.74) is 0.159. The molecular weight excluding hydrogens is 218 g/mol. The number of rotatable bonds is 5. The molecule has 2 nitrogen and oxygen atoms in total. The van der Waals surface area contributed by atoms with Crippen LogP contribution in [-0.4, -0.2) is 24.9 Å². The molecule has 0 aliphatic rings. The third kappa shape index (κ3) is 5.42. The second kappa shape index (κ2) is 6.16. The van der Waals surface area contributed by atoms with Crippen LogP contribution in [-0.2, 0) is 0 Å². The van der Waals surface area contributed by atoms with Crippen molar-refractivity contribution in [3.8, 4) is 5.75 Å². The first-order chi connectivity index (χ1) is 7.51. The Bertz CT molecular complexity index is 303. The van der Waals surface area contributed by atoms with Crippen molar-refractivity contribution in [3.05, 3.63) is 24.3 Å². The van der Waals surface area contributed by atoms with Crippen molar-refractivity contribution in [1.82, 2.24) is 5.32 Å². The lowest BCUT2D eigenvalue weighted by Gasteiger charge is -2.20. The van der Waals surface area contributed by atoms with Crippen molar-refractivity contribution in [2.45, 2.75) is 31.2 Å². The molecular formula is C13H21NOS. The standard InChI is InChI=1S/C13H21NOS/c1-13(2,3)14-9-10-15-11-5-7-12(16-4)8-6-11/h5-8,14H,9-10H2,1-4H3. The Morgan fingerprint density at radius 1 is 1.19 bits per heavy atom. The van der Waals surface area contributed by atoms with Crippen molar-refractivity contribution in [3.63, 3.8) is 0 Å². The summed E-state index contributed by atoms with van der Waals surface area (Å²) in [7, 11) is 0. The van der Waals surface area contributed by atoms with Crippen LogP contribution in [0.15, 0.2) is 29.2 Å². The molecule has 0 radical (unpaired) electrons. The van der Waals surface area contributed by atoms with Crippen LogP contribution in [0.2, 0.25) is 0 Å². The summed E-state index contributed by atoms with van der Waals surface area (Å²) in [6, 6.07) is 8.19. The molecule has 0 spiro atoms. The lowest BCUT2D eigenvalue weighted by Crippen LogP contribution is -2.38. The molecule has 0 heterocycles. The van der Waals surface area contributed by atoms with E-state index in [1.54, 1.807) is 11.8 Å². The van der Waals surface area contributed by atoms with E-state index in [-0.39, 0.29) is 5.54 Å². The summed E-state index contributed by atoms with van der Waals surface area (Å²) in [5.74, 6) is 0.938. The maximum absolute atomic E-state index is 5.63. The molecule has 90 valence electrons. The van der Waals surface area contributed by atoms with Gasteiger partial charge in [-0.05, 0) is 51.3 Å². The number of ether oxygens (including phenoxy) is 1. The molecule has 0 aliphatic carbocycles. The second-order valence-electron chi connectivity index (χ2n) is 4.70. The maximum atomic E-state index is 5.63. The Morgan fingerprint density at radius 2 is 1.81 bits per heavy atom. The average molecular weight is 239 g/mol. The van der Waals surface area contributed by atoms with E-state index >= 15 is 0 Å². The monoisotopic (exact) mass is 239 g/mol. The molecule has 0 fully saturated rings. The fourth-order valence-electron chi connectivity index (χ4n) is 1.27. The Hall–Kier alpha value is -0.670. The van der Waals surface area contributed by atoms with E-state index in [9.17, 15) is 0 Å². The lowest BCUT2D eigenvalue weighted by atomic mass is 10.1. The van der Waals surface area contributed by atoms with Gasteiger partial charge in [0.25, 0.3) is 0 Å². The van der Waals surface area contributed by atoms with E-state index in [4.69, 9.17) is 4.74 Å². The minimum atomic E-state index is 0.159. The number of thioether (sulfide) groups is 1. The van der Waals surface area contributed by atoms with E-state index < -0.39 is 0 Å². The van der Waals surface area contributed by atoms with E-state index in [0.29, 0.717) is 6.61 Å². The quantitative estimate of drug-likeness (QED) is 0.630. The van der Waals surface area contributed by atoms with Crippen LogP contribution < -0.4 is 10.1 Å². The summed E-state index contributed by atoms with van der Waals surface area (Å²) in [6.07, 6.45) is 2.07. The molecule has 16 heavy (non-hydrogen) atoms. The SMILES string of the molecule is CSc1ccc(OCCNC(C)(C)C)cc1. The molecule has 3 heteroatoms. The normalized spacial score (nSPS) is 11.5. The minimum absolute atomic E-state index is 0.159. The number of nitrogens with one attached hydrogen (secondary N) is 1. The molecule has 0 aliphatic heterocycles. The van der Waals surface area contributed by atoms with E-state index in [1.807, 2.05) is 12.1 Å². The smallest absolute Gasteiger partial charge is 0.119 e. The van der Waals surface area contributed by atoms with Gasteiger partial charge < -0.3 is 10.1 Å². The summed E-state index contributed by atoms with van der Waals surface area (Å²) in [4.78, 5) is 1.26. The van der Waals surface area contributed by atoms with Gasteiger partial charge in [0.2, 0.25) is 0 Å². The van der Waals surface area contributed by atoms with Crippen molar-refractivity contribution in [2.75, 3.05) is 19.4 Å². The van der Waals surface area contributed by atoms with Crippen LogP contribution in [0.4, 0.5) is 0 Å². The van der Waals surface area contributed by atoms with Gasteiger partial charge in [-0.3, -0.25) is 0 Å². The molecule has 0 unspecified atom stereocenters. The van der Waals surface area contributed by atoms with Crippen molar-refractivity contribution in [1.29, 1.82) is 0 Å². The predicted octanol–water partition coefficient (Wildman–Crippen LogP) is 3.18. The van der Waals surface area contributed by atoms with Crippen LogP contribution in [0.25, 0.3) is 0 Å². The summed E-state index contributed by atoms with van der Waals surface area (Å²) in [5, 5.41) is 3.39. The number of benzene rings is 1. The largest absolute Gasteiger partial charge is 0.492 e.